The summed E-state index contributed by atoms with van der Waals surface area (Å²) in [6.45, 7) is 0.377. The normalized spacial score (nSPS) is 13.6. The molecule has 0 saturated carbocycles. The van der Waals surface area contributed by atoms with E-state index in [1.165, 1.54) is 18.2 Å². The van der Waals surface area contributed by atoms with Crippen molar-refractivity contribution in [3.8, 4) is 22.5 Å². The van der Waals surface area contributed by atoms with Crippen molar-refractivity contribution in [2.24, 2.45) is 0 Å². The van der Waals surface area contributed by atoms with Crippen molar-refractivity contribution in [2.75, 3.05) is 23.3 Å². The third kappa shape index (κ3) is 5.06. The number of nitrogens with zero attached hydrogens (tertiary/aromatic N) is 2. The molecule has 0 aliphatic carbocycles. The molecule has 10 heteroatoms. The number of alkyl halides is 4. The first-order chi connectivity index (χ1) is 16.3. The maximum atomic E-state index is 13.1. The van der Waals surface area contributed by atoms with Crippen molar-refractivity contribution in [1.82, 2.24) is 15.3 Å². The van der Waals surface area contributed by atoms with Crippen LogP contribution >= 0.6 is 15.9 Å². The highest BCUT2D eigenvalue weighted by Gasteiger charge is 2.42. The van der Waals surface area contributed by atoms with Crippen molar-refractivity contribution in [3.63, 3.8) is 0 Å². The van der Waals surface area contributed by atoms with Crippen LogP contribution in [0, 0.1) is 0 Å². The molecule has 3 heterocycles. The fraction of sp³-hybridized carbons (Fsp3) is 0.208. The first kappa shape index (κ1) is 23.7. The van der Waals surface area contributed by atoms with Crippen LogP contribution in [0.2, 0.25) is 0 Å². The SMILES string of the molecule is O=C1NCCc2[nH]c(-c3ccnc(-c4ccc(N(C/C=C/CBr)C(=O)C(F)(F)F)cc4)c3)cc21. The Bertz CT molecular complexity index is 1240. The number of fused-ring (bicyclic) bond motifs is 1. The van der Waals surface area contributed by atoms with E-state index in [9.17, 15) is 22.8 Å². The molecule has 0 bridgehead atoms. The van der Waals surface area contributed by atoms with Crippen LogP contribution in [-0.4, -0.2) is 46.4 Å². The third-order valence-corrected chi connectivity index (χ3v) is 5.76. The largest absolute Gasteiger partial charge is 0.471 e. The Morgan fingerprint density at radius 3 is 2.56 bits per heavy atom. The van der Waals surface area contributed by atoms with Gasteiger partial charge in [0.25, 0.3) is 5.91 Å². The second-order valence-corrected chi connectivity index (χ2v) is 8.24. The van der Waals surface area contributed by atoms with Gasteiger partial charge in [-0.3, -0.25) is 14.6 Å². The molecule has 1 aromatic carbocycles. The highest BCUT2D eigenvalue weighted by Crippen LogP contribution is 2.29. The number of carbonyl (C=O) groups excluding carboxylic acids is 2. The lowest BCUT2D eigenvalue weighted by Crippen LogP contribution is -2.41. The van der Waals surface area contributed by atoms with Crippen molar-refractivity contribution in [3.05, 3.63) is 72.1 Å². The Balaban J connectivity index is 1.61. The molecule has 0 spiro atoms. The number of H-pyrrole nitrogens is 1. The molecule has 6 nitrogen and oxygen atoms in total. The molecule has 2 amide bonds. The summed E-state index contributed by atoms with van der Waals surface area (Å²) < 4.78 is 39.3. The molecule has 0 atom stereocenters. The Kier molecular flexibility index (Phi) is 6.87. The number of allylic oxidation sites excluding steroid dienone is 1. The van der Waals surface area contributed by atoms with Crippen LogP contribution in [0.25, 0.3) is 22.5 Å². The van der Waals surface area contributed by atoms with Gasteiger partial charge in [-0.25, -0.2) is 0 Å². The van der Waals surface area contributed by atoms with E-state index in [0.717, 1.165) is 23.4 Å². The number of aromatic amines is 1. The maximum Gasteiger partial charge on any atom is 0.471 e. The maximum absolute atomic E-state index is 13.1. The second-order valence-electron chi connectivity index (χ2n) is 7.60. The minimum Gasteiger partial charge on any atom is -0.358 e. The van der Waals surface area contributed by atoms with Gasteiger partial charge in [-0.15, -0.1) is 0 Å². The number of pyridine rings is 1. The number of rotatable bonds is 6. The molecule has 2 N–H and O–H groups in total. The van der Waals surface area contributed by atoms with Gasteiger partial charge in [0.2, 0.25) is 0 Å². The number of hydrogen-bond donors (Lipinski definition) is 2. The van der Waals surface area contributed by atoms with Crippen LogP contribution in [0.3, 0.4) is 0 Å². The first-order valence-corrected chi connectivity index (χ1v) is 11.6. The highest BCUT2D eigenvalue weighted by molar-refractivity contribution is 9.09. The van der Waals surface area contributed by atoms with Gasteiger partial charge >= 0.3 is 12.1 Å². The van der Waals surface area contributed by atoms with Crippen LogP contribution < -0.4 is 10.2 Å². The molecule has 2 aromatic heterocycles. The molecule has 4 rings (SSSR count). The zero-order valence-corrected chi connectivity index (χ0v) is 19.4. The average Bonchev–Trinajstić information content (AvgIpc) is 3.27. The molecule has 0 saturated heterocycles. The molecule has 1 aliphatic rings. The van der Waals surface area contributed by atoms with Crippen molar-refractivity contribution >= 4 is 33.4 Å². The Hall–Kier alpha value is -3.40. The van der Waals surface area contributed by atoms with E-state index < -0.39 is 12.1 Å². The number of carbonyl (C=O) groups is 2. The zero-order chi connectivity index (χ0) is 24.3. The number of anilines is 1. The molecule has 0 unspecified atom stereocenters. The summed E-state index contributed by atoms with van der Waals surface area (Å²) in [5.74, 6) is -2.04. The monoisotopic (exact) mass is 532 g/mol. The summed E-state index contributed by atoms with van der Waals surface area (Å²) in [5, 5.41) is 3.28. The van der Waals surface area contributed by atoms with Gasteiger partial charge in [-0.1, -0.05) is 40.2 Å². The van der Waals surface area contributed by atoms with Crippen LogP contribution in [0.4, 0.5) is 18.9 Å². The van der Waals surface area contributed by atoms with E-state index in [1.54, 1.807) is 30.5 Å². The van der Waals surface area contributed by atoms with Crippen molar-refractivity contribution in [1.29, 1.82) is 0 Å². The van der Waals surface area contributed by atoms with Gasteiger partial charge in [0.15, 0.2) is 0 Å². The molecular weight excluding hydrogens is 513 g/mol. The van der Waals surface area contributed by atoms with Gasteiger partial charge in [0, 0.05) is 59.2 Å². The molecule has 0 fully saturated rings. The molecular formula is C24H20BrF3N4O2. The van der Waals surface area contributed by atoms with Crippen molar-refractivity contribution in [2.45, 2.75) is 12.6 Å². The summed E-state index contributed by atoms with van der Waals surface area (Å²) in [4.78, 5) is 32.3. The summed E-state index contributed by atoms with van der Waals surface area (Å²) in [7, 11) is 0. The van der Waals surface area contributed by atoms with Gasteiger partial charge in [-0.2, -0.15) is 13.2 Å². The van der Waals surface area contributed by atoms with E-state index in [2.05, 4.69) is 31.2 Å². The van der Waals surface area contributed by atoms with Crippen LogP contribution in [0.5, 0.6) is 0 Å². The Labute approximate surface area is 202 Å². The van der Waals surface area contributed by atoms with Crippen LogP contribution in [0.1, 0.15) is 16.1 Å². The lowest BCUT2D eigenvalue weighted by Gasteiger charge is -2.22. The van der Waals surface area contributed by atoms with E-state index in [-0.39, 0.29) is 18.1 Å². The lowest BCUT2D eigenvalue weighted by atomic mass is 10.1. The van der Waals surface area contributed by atoms with E-state index >= 15 is 0 Å². The van der Waals surface area contributed by atoms with Crippen LogP contribution in [-0.2, 0) is 11.2 Å². The zero-order valence-electron chi connectivity index (χ0n) is 17.8. The molecule has 34 heavy (non-hydrogen) atoms. The fourth-order valence-corrected chi connectivity index (χ4v) is 3.98. The summed E-state index contributed by atoms with van der Waals surface area (Å²) in [6, 6.07) is 11.6. The Morgan fingerprint density at radius 2 is 1.88 bits per heavy atom. The standard InChI is InChI=1S/C24H20BrF3N4O2/c25-9-1-2-12-32(23(34)24(26,27)28)17-5-3-15(4-6-17)20-13-16(7-10-29-20)21-14-18-19(31-21)8-11-30-22(18)33/h1-7,10,13-14,31H,8-9,11-12H2,(H,30,33)/b2-1+. The van der Waals surface area contributed by atoms with Crippen LogP contribution in [0.15, 0.2) is 60.8 Å². The highest BCUT2D eigenvalue weighted by atomic mass is 79.9. The lowest BCUT2D eigenvalue weighted by molar-refractivity contribution is -0.170. The van der Waals surface area contributed by atoms with Gasteiger partial charge < -0.3 is 15.2 Å². The van der Waals surface area contributed by atoms with Gasteiger partial charge in [0.05, 0.1) is 11.3 Å². The molecule has 176 valence electrons. The molecule has 3 aromatic rings. The van der Waals surface area contributed by atoms with Gasteiger partial charge in [0.1, 0.15) is 0 Å². The smallest absolute Gasteiger partial charge is 0.358 e. The minimum absolute atomic E-state index is 0.113. The first-order valence-electron chi connectivity index (χ1n) is 10.4. The molecule has 1 aliphatic heterocycles. The minimum atomic E-state index is -4.98. The van der Waals surface area contributed by atoms with Gasteiger partial charge in [-0.05, 0) is 30.3 Å². The number of hydrogen-bond acceptors (Lipinski definition) is 3. The van der Waals surface area contributed by atoms with E-state index in [0.29, 0.717) is 33.6 Å². The molecule has 0 radical (unpaired) electrons. The second kappa shape index (κ2) is 9.84. The van der Waals surface area contributed by atoms with E-state index in [4.69, 9.17) is 0 Å². The fourth-order valence-electron chi connectivity index (χ4n) is 3.72. The number of benzene rings is 1. The summed E-state index contributed by atoms with van der Waals surface area (Å²) in [5.41, 5.74) is 4.51. The summed E-state index contributed by atoms with van der Waals surface area (Å²) in [6.07, 6.45) is 0.487. The topological polar surface area (TPSA) is 78.1 Å². The number of aromatic nitrogens is 2. The summed E-state index contributed by atoms with van der Waals surface area (Å²) >= 11 is 3.17. The quantitative estimate of drug-likeness (QED) is 0.351. The van der Waals surface area contributed by atoms with E-state index in [1.807, 2.05) is 12.1 Å². The number of halogens is 4. The van der Waals surface area contributed by atoms with Crippen molar-refractivity contribution < 1.29 is 22.8 Å². The number of nitrogens with one attached hydrogen (secondary N) is 2. The third-order valence-electron chi connectivity index (χ3n) is 5.38. The average molecular weight is 533 g/mol. The predicted octanol–water partition coefficient (Wildman–Crippen LogP) is 4.88. The predicted molar refractivity (Wildman–Crippen MR) is 127 cm³/mol. The number of amides is 2. The Morgan fingerprint density at radius 1 is 1.12 bits per heavy atom.